The van der Waals surface area contributed by atoms with Gasteiger partial charge in [-0.25, -0.2) is 9.78 Å². The third-order valence-electron chi connectivity index (χ3n) is 6.45. The standard InChI is InChI=1S/C23H29N3O4S/c27-20(25-23-24-13-19(31-23)22(29)30)17-12-16-10-6-1-2-7-11-18(16)26(21(17)28)14-15-8-4-3-5-9-15/h12-13,15H,1-11,14H2,(H,29,30)(H,24,25,27). The quantitative estimate of drug-likeness (QED) is 0.709. The fraction of sp³-hybridized carbons (Fsp3) is 0.565. The van der Waals surface area contributed by atoms with Crippen molar-refractivity contribution in [1.82, 2.24) is 9.55 Å². The first-order chi connectivity index (χ1) is 15.0. The Bertz CT molecular complexity index is 1020. The number of nitrogens with one attached hydrogen (secondary N) is 1. The van der Waals surface area contributed by atoms with Crippen molar-refractivity contribution in [2.75, 3.05) is 5.32 Å². The molecule has 2 aromatic heterocycles. The van der Waals surface area contributed by atoms with Gasteiger partial charge < -0.3 is 9.67 Å². The predicted octanol–water partition coefficient (Wildman–Crippen LogP) is 4.49. The van der Waals surface area contributed by atoms with Gasteiger partial charge in [0.25, 0.3) is 11.5 Å². The average molecular weight is 444 g/mol. The summed E-state index contributed by atoms with van der Waals surface area (Å²) in [6, 6.07) is 1.77. The lowest BCUT2D eigenvalue weighted by atomic mass is 9.88. The van der Waals surface area contributed by atoms with Crippen LogP contribution < -0.4 is 10.9 Å². The molecule has 0 aromatic carbocycles. The summed E-state index contributed by atoms with van der Waals surface area (Å²) in [5, 5.41) is 11.9. The second kappa shape index (κ2) is 9.77. The Morgan fingerprint density at radius 3 is 2.52 bits per heavy atom. The number of thiazole rings is 1. The molecular formula is C23H29N3O4S. The Balaban J connectivity index is 1.68. The number of hydrogen-bond acceptors (Lipinski definition) is 5. The van der Waals surface area contributed by atoms with Crippen LogP contribution >= 0.6 is 11.3 Å². The van der Waals surface area contributed by atoms with Gasteiger partial charge in [-0.05, 0) is 56.1 Å². The number of nitrogens with zero attached hydrogens (tertiary/aromatic N) is 2. The minimum Gasteiger partial charge on any atom is -0.477 e. The topological polar surface area (TPSA) is 101 Å². The van der Waals surface area contributed by atoms with Crippen LogP contribution in [0.4, 0.5) is 5.13 Å². The van der Waals surface area contributed by atoms with Gasteiger partial charge >= 0.3 is 5.97 Å². The molecule has 0 unspecified atom stereocenters. The van der Waals surface area contributed by atoms with E-state index in [1.807, 2.05) is 4.57 Å². The van der Waals surface area contributed by atoms with Crippen LogP contribution in [-0.2, 0) is 19.4 Å². The Kier molecular flexibility index (Phi) is 6.85. The number of fused-ring (bicyclic) bond motifs is 1. The molecule has 2 aliphatic carbocycles. The fourth-order valence-corrected chi connectivity index (χ4v) is 5.46. The van der Waals surface area contributed by atoms with Gasteiger partial charge in [0.2, 0.25) is 0 Å². The lowest BCUT2D eigenvalue weighted by Gasteiger charge is -2.26. The number of carboxylic acid groups (broad SMARTS) is 1. The third-order valence-corrected chi connectivity index (χ3v) is 7.35. The van der Waals surface area contributed by atoms with Crippen LogP contribution in [0.25, 0.3) is 0 Å². The van der Waals surface area contributed by atoms with Gasteiger partial charge in [0.15, 0.2) is 5.13 Å². The summed E-state index contributed by atoms with van der Waals surface area (Å²) in [7, 11) is 0. The van der Waals surface area contributed by atoms with Crippen molar-refractivity contribution in [3.63, 3.8) is 0 Å². The van der Waals surface area contributed by atoms with Crippen molar-refractivity contribution in [3.8, 4) is 0 Å². The van der Waals surface area contributed by atoms with Crippen molar-refractivity contribution in [2.24, 2.45) is 5.92 Å². The van der Waals surface area contributed by atoms with Crippen LogP contribution in [0.2, 0.25) is 0 Å². The number of hydrogen-bond donors (Lipinski definition) is 2. The van der Waals surface area contributed by atoms with Crippen LogP contribution in [0.1, 0.15) is 89.1 Å². The Hall–Kier alpha value is -2.48. The summed E-state index contributed by atoms with van der Waals surface area (Å²) in [5.41, 5.74) is 2.10. The lowest BCUT2D eigenvalue weighted by Crippen LogP contribution is -2.35. The summed E-state index contributed by atoms with van der Waals surface area (Å²) in [6.07, 6.45) is 13.4. The minimum atomic E-state index is -1.09. The second-order valence-electron chi connectivity index (χ2n) is 8.65. The van der Waals surface area contributed by atoms with Gasteiger partial charge in [-0.15, -0.1) is 0 Å². The van der Waals surface area contributed by atoms with E-state index in [2.05, 4.69) is 10.3 Å². The van der Waals surface area contributed by atoms with Crippen LogP contribution in [0.5, 0.6) is 0 Å². The Morgan fingerprint density at radius 1 is 1.10 bits per heavy atom. The molecule has 1 amide bonds. The van der Waals surface area contributed by atoms with Crippen LogP contribution in [0.15, 0.2) is 17.1 Å². The molecule has 2 N–H and O–H groups in total. The first-order valence-electron chi connectivity index (χ1n) is 11.3. The summed E-state index contributed by atoms with van der Waals surface area (Å²) >= 11 is 0.886. The van der Waals surface area contributed by atoms with Crippen molar-refractivity contribution in [1.29, 1.82) is 0 Å². The maximum absolute atomic E-state index is 13.4. The number of aromatic nitrogens is 2. The summed E-state index contributed by atoms with van der Waals surface area (Å²) in [6.45, 7) is 0.683. The zero-order chi connectivity index (χ0) is 21.8. The van der Waals surface area contributed by atoms with Crippen molar-refractivity contribution in [2.45, 2.75) is 77.2 Å². The lowest BCUT2D eigenvalue weighted by molar-refractivity contribution is 0.0701. The number of amides is 1. The van der Waals surface area contributed by atoms with E-state index >= 15 is 0 Å². The van der Waals surface area contributed by atoms with Crippen molar-refractivity contribution < 1.29 is 14.7 Å². The average Bonchev–Trinajstić information content (AvgIpc) is 3.20. The monoisotopic (exact) mass is 443 g/mol. The van der Waals surface area contributed by atoms with E-state index < -0.39 is 11.9 Å². The first-order valence-corrected chi connectivity index (χ1v) is 12.1. The highest BCUT2D eigenvalue weighted by molar-refractivity contribution is 7.17. The first kappa shape index (κ1) is 21.7. The van der Waals surface area contributed by atoms with Gasteiger partial charge in [-0.2, -0.15) is 0 Å². The number of aryl methyl sites for hydroxylation is 1. The van der Waals surface area contributed by atoms with Gasteiger partial charge in [0.1, 0.15) is 10.4 Å². The number of rotatable bonds is 5. The molecule has 31 heavy (non-hydrogen) atoms. The van der Waals surface area contributed by atoms with Crippen LogP contribution in [0.3, 0.4) is 0 Å². The van der Waals surface area contributed by atoms with Gasteiger partial charge in [-0.3, -0.25) is 14.9 Å². The Morgan fingerprint density at radius 2 is 1.81 bits per heavy atom. The molecule has 7 nitrogen and oxygen atoms in total. The van der Waals surface area contributed by atoms with E-state index in [1.165, 1.54) is 38.3 Å². The van der Waals surface area contributed by atoms with Crippen LogP contribution in [0, 0.1) is 5.92 Å². The summed E-state index contributed by atoms with van der Waals surface area (Å²) in [4.78, 5) is 41.5. The number of pyridine rings is 1. The molecule has 0 aliphatic heterocycles. The number of carboxylic acids is 1. The second-order valence-corrected chi connectivity index (χ2v) is 9.68. The van der Waals surface area contributed by atoms with Gasteiger partial charge in [0, 0.05) is 12.2 Å². The largest absolute Gasteiger partial charge is 0.477 e. The number of anilines is 1. The van der Waals surface area contributed by atoms with Gasteiger partial charge in [-0.1, -0.05) is 43.4 Å². The van der Waals surface area contributed by atoms with E-state index in [-0.39, 0.29) is 21.1 Å². The molecule has 1 saturated carbocycles. The molecule has 166 valence electrons. The fourth-order valence-electron chi connectivity index (χ4n) is 4.81. The minimum absolute atomic E-state index is 0.0446. The maximum atomic E-state index is 13.4. The van der Waals surface area contributed by atoms with E-state index in [0.29, 0.717) is 12.5 Å². The smallest absolute Gasteiger partial charge is 0.347 e. The van der Waals surface area contributed by atoms with Crippen LogP contribution in [-0.4, -0.2) is 26.5 Å². The third kappa shape index (κ3) is 5.06. The number of carbonyl (C=O) groups is 2. The van der Waals surface area contributed by atoms with E-state index in [1.54, 1.807) is 6.07 Å². The Labute approximate surface area is 185 Å². The summed E-state index contributed by atoms with van der Waals surface area (Å²) in [5.74, 6) is -1.12. The number of carbonyl (C=O) groups excluding carboxylic acids is 1. The predicted molar refractivity (Wildman–Crippen MR) is 120 cm³/mol. The number of aromatic carboxylic acids is 1. The highest BCUT2D eigenvalue weighted by atomic mass is 32.1. The molecule has 1 fully saturated rings. The molecule has 2 aromatic rings. The van der Waals surface area contributed by atoms with Crippen molar-refractivity contribution >= 4 is 28.3 Å². The highest BCUT2D eigenvalue weighted by Gasteiger charge is 2.23. The molecular weight excluding hydrogens is 414 g/mol. The highest BCUT2D eigenvalue weighted by Crippen LogP contribution is 2.27. The normalized spacial score (nSPS) is 17.4. The zero-order valence-corrected chi connectivity index (χ0v) is 18.5. The zero-order valence-electron chi connectivity index (χ0n) is 17.7. The molecule has 8 heteroatoms. The molecule has 0 spiro atoms. The molecule has 2 aliphatic rings. The molecule has 4 rings (SSSR count). The maximum Gasteiger partial charge on any atom is 0.347 e. The van der Waals surface area contributed by atoms with E-state index in [9.17, 15) is 14.4 Å². The molecule has 0 atom stereocenters. The van der Waals surface area contributed by atoms with Gasteiger partial charge in [0.05, 0.1) is 6.20 Å². The molecule has 0 bridgehead atoms. The molecule has 2 heterocycles. The molecule has 0 saturated heterocycles. The summed E-state index contributed by atoms with van der Waals surface area (Å²) < 4.78 is 1.89. The molecule has 0 radical (unpaired) electrons. The van der Waals surface area contributed by atoms with E-state index in [0.717, 1.165) is 61.1 Å². The van der Waals surface area contributed by atoms with Crippen molar-refractivity contribution in [3.05, 3.63) is 44.3 Å². The van der Waals surface area contributed by atoms with E-state index in [4.69, 9.17) is 5.11 Å². The SMILES string of the molecule is O=C(O)c1cnc(NC(=O)c2cc3c(n(CC4CCCCC4)c2=O)CCCCCC3)s1.